The van der Waals surface area contributed by atoms with Crippen molar-refractivity contribution in [1.82, 2.24) is 5.32 Å². The maximum absolute atomic E-state index is 12.6. The zero-order chi connectivity index (χ0) is 17.7. The van der Waals surface area contributed by atoms with Gasteiger partial charge in [0.1, 0.15) is 5.75 Å². The highest BCUT2D eigenvalue weighted by Gasteiger charge is 2.20. The molecule has 0 saturated heterocycles. The lowest BCUT2D eigenvalue weighted by molar-refractivity contribution is -0.128. The van der Waals surface area contributed by atoms with Crippen molar-refractivity contribution in [1.29, 1.82) is 0 Å². The van der Waals surface area contributed by atoms with E-state index in [0.29, 0.717) is 6.42 Å². The van der Waals surface area contributed by atoms with Crippen LogP contribution in [0, 0.1) is 20.8 Å². The number of hydrogen-bond donors (Lipinski definition) is 1. The van der Waals surface area contributed by atoms with Crippen LogP contribution in [0.3, 0.4) is 0 Å². The van der Waals surface area contributed by atoms with Crippen LogP contribution in [0.25, 0.3) is 0 Å². The standard InChI is InChI=1S/C21H27NO2/c1-6-20(24-19-9-7-8-14(2)12-19)21(23)22-17(5)18-11-10-15(3)16(4)13-18/h7-13,17,20H,6H2,1-5H3,(H,22,23)/t17-,20+/m1/s1. The topological polar surface area (TPSA) is 38.3 Å². The largest absolute Gasteiger partial charge is 0.481 e. The van der Waals surface area contributed by atoms with Crippen molar-refractivity contribution >= 4 is 5.91 Å². The number of carbonyl (C=O) groups excluding carboxylic acids is 1. The third kappa shape index (κ3) is 4.60. The molecule has 0 saturated carbocycles. The van der Waals surface area contributed by atoms with E-state index in [1.165, 1.54) is 11.1 Å². The first kappa shape index (κ1) is 18.1. The summed E-state index contributed by atoms with van der Waals surface area (Å²) >= 11 is 0. The number of hydrogen-bond acceptors (Lipinski definition) is 2. The Morgan fingerprint density at radius 1 is 1.08 bits per heavy atom. The molecular weight excluding hydrogens is 298 g/mol. The second kappa shape index (κ2) is 8.00. The van der Waals surface area contributed by atoms with Gasteiger partial charge < -0.3 is 10.1 Å². The fraction of sp³-hybridized carbons (Fsp3) is 0.381. The summed E-state index contributed by atoms with van der Waals surface area (Å²) < 4.78 is 5.87. The van der Waals surface area contributed by atoms with Crippen molar-refractivity contribution in [3.05, 3.63) is 64.7 Å². The molecule has 2 rings (SSSR count). The summed E-state index contributed by atoms with van der Waals surface area (Å²) in [5, 5.41) is 3.06. The number of nitrogens with one attached hydrogen (secondary N) is 1. The van der Waals surface area contributed by atoms with Crippen molar-refractivity contribution in [3.63, 3.8) is 0 Å². The predicted octanol–water partition coefficient (Wildman–Crippen LogP) is 4.65. The summed E-state index contributed by atoms with van der Waals surface area (Å²) in [5.41, 5.74) is 4.71. The van der Waals surface area contributed by atoms with E-state index in [2.05, 4.69) is 37.4 Å². The lowest BCUT2D eigenvalue weighted by Gasteiger charge is -2.21. The van der Waals surface area contributed by atoms with Crippen LogP contribution in [0.4, 0.5) is 0 Å². The molecule has 2 atom stereocenters. The summed E-state index contributed by atoms with van der Waals surface area (Å²) in [7, 11) is 0. The van der Waals surface area contributed by atoms with Crippen molar-refractivity contribution in [2.24, 2.45) is 0 Å². The van der Waals surface area contributed by atoms with Crippen LogP contribution in [-0.4, -0.2) is 12.0 Å². The average Bonchev–Trinajstić information content (AvgIpc) is 2.55. The molecule has 0 radical (unpaired) electrons. The van der Waals surface area contributed by atoms with E-state index in [1.807, 2.05) is 45.0 Å². The molecule has 128 valence electrons. The number of ether oxygens (including phenoxy) is 1. The first-order chi connectivity index (χ1) is 11.4. The molecule has 24 heavy (non-hydrogen) atoms. The summed E-state index contributed by atoms with van der Waals surface area (Å²) in [6.07, 6.45) is 0.139. The van der Waals surface area contributed by atoms with Gasteiger partial charge in [0.15, 0.2) is 6.10 Å². The van der Waals surface area contributed by atoms with Crippen LogP contribution in [0.2, 0.25) is 0 Å². The molecule has 0 fully saturated rings. The van der Waals surface area contributed by atoms with Gasteiger partial charge in [-0.1, -0.05) is 37.3 Å². The smallest absolute Gasteiger partial charge is 0.261 e. The van der Waals surface area contributed by atoms with Gasteiger partial charge >= 0.3 is 0 Å². The highest BCUT2D eigenvalue weighted by molar-refractivity contribution is 5.81. The number of benzene rings is 2. The second-order valence-corrected chi connectivity index (χ2v) is 6.41. The lowest BCUT2D eigenvalue weighted by atomic mass is 10.0. The van der Waals surface area contributed by atoms with Gasteiger partial charge in [-0.3, -0.25) is 4.79 Å². The number of carbonyl (C=O) groups is 1. The molecule has 0 aromatic heterocycles. The van der Waals surface area contributed by atoms with Crippen LogP contribution < -0.4 is 10.1 Å². The van der Waals surface area contributed by atoms with E-state index in [0.717, 1.165) is 16.9 Å². The zero-order valence-corrected chi connectivity index (χ0v) is 15.2. The molecule has 0 spiro atoms. The minimum Gasteiger partial charge on any atom is -0.481 e. The summed E-state index contributed by atoms with van der Waals surface area (Å²) in [6, 6.07) is 14.0. The van der Waals surface area contributed by atoms with Gasteiger partial charge in [-0.15, -0.1) is 0 Å². The van der Waals surface area contributed by atoms with Gasteiger partial charge in [-0.05, 0) is 68.5 Å². The Labute approximate surface area is 145 Å². The van der Waals surface area contributed by atoms with Crippen LogP contribution >= 0.6 is 0 Å². The van der Waals surface area contributed by atoms with Crippen molar-refractivity contribution in [2.75, 3.05) is 0 Å². The van der Waals surface area contributed by atoms with Gasteiger partial charge in [0.05, 0.1) is 6.04 Å². The average molecular weight is 325 g/mol. The molecule has 0 aliphatic heterocycles. The molecule has 0 aliphatic rings. The highest BCUT2D eigenvalue weighted by atomic mass is 16.5. The quantitative estimate of drug-likeness (QED) is 0.840. The Kier molecular flexibility index (Phi) is 6.02. The number of rotatable bonds is 6. The van der Waals surface area contributed by atoms with Gasteiger partial charge in [0, 0.05) is 0 Å². The van der Waals surface area contributed by atoms with Crippen molar-refractivity contribution in [3.8, 4) is 5.75 Å². The maximum Gasteiger partial charge on any atom is 0.261 e. The molecule has 0 bridgehead atoms. The van der Waals surface area contributed by atoms with Crippen molar-refractivity contribution < 1.29 is 9.53 Å². The SMILES string of the molecule is CC[C@H](Oc1cccc(C)c1)C(=O)N[C@H](C)c1ccc(C)c(C)c1. The summed E-state index contributed by atoms with van der Waals surface area (Å²) in [6.45, 7) is 10.1. The number of aryl methyl sites for hydroxylation is 3. The minimum atomic E-state index is -0.485. The molecule has 2 aromatic rings. The first-order valence-electron chi connectivity index (χ1n) is 8.51. The molecule has 2 aromatic carbocycles. The third-order valence-corrected chi connectivity index (χ3v) is 4.32. The van der Waals surface area contributed by atoms with Gasteiger partial charge in [-0.2, -0.15) is 0 Å². The Bertz CT molecular complexity index is 709. The lowest BCUT2D eigenvalue weighted by Crippen LogP contribution is -2.39. The monoisotopic (exact) mass is 325 g/mol. The molecule has 0 aliphatic carbocycles. The normalized spacial score (nSPS) is 13.2. The Morgan fingerprint density at radius 3 is 2.46 bits per heavy atom. The molecule has 0 unspecified atom stereocenters. The van der Waals surface area contributed by atoms with E-state index in [-0.39, 0.29) is 11.9 Å². The predicted molar refractivity (Wildman–Crippen MR) is 98.4 cm³/mol. The van der Waals surface area contributed by atoms with E-state index >= 15 is 0 Å². The minimum absolute atomic E-state index is 0.0491. The fourth-order valence-corrected chi connectivity index (χ4v) is 2.60. The molecule has 1 N–H and O–H groups in total. The van der Waals surface area contributed by atoms with Crippen LogP contribution in [0.1, 0.15) is 48.6 Å². The maximum atomic E-state index is 12.6. The molecule has 1 amide bonds. The second-order valence-electron chi connectivity index (χ2n) is 6.41. The van der Waals surface area contributed by atoms with Crippen molar-refractivity contribution in [2.45, 2.75) is 53.2 Å². The molecular formula is C21H27NO2. The Morgan fingerprint density at radius 2 is 1.83 bits per heavy atom. The molecule has 0 heterocycles. The van der Waals surface area contributed by atoms with E-state index in [9.17, 15) is 4.79 Å². The Hall–Kier alpha value is -2.29. The molecule has 3 nitrogen and oxygen atoms in total. The third-order valence-electron chi connectivity index (χ3n) is 4.32. The van der Waals surface area contributed by atoms with Crippen LogP contribution in [-0.2, 0) is 4.79 Å². The Balaban J connectivity index is 2.04. The summed E-state index contributed by atoms with van der Waals surface area (Å²) in [5.74, 6) is 0.653. The van der Waals surface area contributed by atoms with Crippen LogP contribution in [0.5, 0.6) is 5.75 Å². The summed E-state index contributed by atoms with van der Waals surface area (Å²) in [4.78, 5) is 12.6. The van der Waals surface area contributed by atoms with E-state index < -0.39 is 6.10 Å². The van der Waals surface area contributed by atoms with E-state index in [1.54, 1.807) is 0 Å². The highest BCUT2D eigenvalue weighted by Crippen LogP contribution is 2.19. The van der Waals surface area contributed by atoms with Gasteiger partial charge in [0.25, 0.3) is 5.91 Å². The molecule has 3 heteroatoms. The first-order valence-corrected chi connectivity index (χ1v) is 8.51. The van der Waals surface area contributed by atoms with Crippen LogP contribution in [0.15, 0.2) is 42.5 Å². The fourth-order valence-electron chi connectivity index (χ4n) is 2.60. The number of amides is 1. The van der Waals surface area contributed by atoms with Gasteiger partial charge in [0.2, 0.25) is 0 Å². The van der Waals surface area contributed by atoms with Gasteiger partial charge in [-0.25, -0.2) is 0 Å². The van der Waals surface area contributed by atoms with E-state index in [4.69, 9.17) is 4.74 Å². The zero-order valence-electron chi connectivity index (χ0n) is 15.2.